The molecule has 0 saturated carbocycles. The highest BCUT2D eigenvalue weighted by Crippen LogP contribution is 2.21. The van der Waals surface area contributed by atoms with E-state index in [9.17, 15) is 9.59 Å². The molecule has 6 nitrogen and oxygen atoms in total. The van der Waals surface area contributed by atoms with Crippen molar-refractivity contribution >= 4 is 17.5 Å². The van der Waals surface area contributed by atoms with Crippen LogP contribution in [-0.4, -0.2) is 56.5 Å². The van der Waals surface area contributed by atoms with Crippen LogP contribution < -0.4 is 16.0 Å². The molecule has 3 N–H and O–H groups in total. The number of nitrogens with one attached hydrogen (secondary N) is 1. The highest BCUT2D eigenvalue weighted by atomic mass is 16.2. The zero-order chi connectivity index (χ0) is 15.4. The molecule has 1 saturated heterocycles. The molecule has 6 heteroatoms. The zero-order valence-electron chi connectivity index (χ0n) is 12.6. The topological polar surface area (TPSA) is 78.7 Å². The van der Waals surface area contributed by atoms with Crippen LogP contribution in [0.15, 0.2) is 18.2 Å². The molecule has 1 heterocycles. The summed E-state index contributed by atoms with van der Waals surface area (Å²) < 4.78 is 0. The maximum Gasteiger partial charge on any atom is 0.250 e. The van der Waals surface area contributed by atoms with Crippen LogP contribution in [0.5, 0.6) is 0 Å². The van der Waals surface area contributed by atoms with Crippen molar-refractivity contribution in [2.75, 3.05) is 44.7 Å². The van der Waals surface area contributed by atoms with Crippen LogP contribution in [0.25, 0.3) is 0 Å². The second-order valence-corrected chi connectivity index (χ2v) is 5.37. The second kappa shape index (κ2) is 6.58. The predicted octanol–water partition coefficient (Wildman–Crippen LogP) is -0.0381. The number of likely N-dealkylation sites (N-methyl/N-ethyl adjacent to an activating group) is 1. The Morgan fingerprint density at radius 2 is 2.00 bits per heavy atom. The number of carbonyl (C=O) groups excluding carboxylic acids is 2. The Labute approximate surface area is 124 Å². The first-order valence-corrected chi connectivity index (χ1v) is 7.09. The molecule has 0 radical (unpaired) electrons. The van der Waals surface area contributed by atoms with Gasteiger partial charge in [-0.15, -0.1) is 0 Å². The number of benzene rings is 1. The number of amides is 2. The van der Waals surface area contributed by atoms with E-state index in [1.165, 1.54) is 0 Å². The first-order valence-electron chi connectivity index (χ1n) is 7.09. The van der Waals surface area contributed by atoms with Crippen molar-refractivity contribution in [2.24, 2.45) is 5.73 Å². The maximum atomic E-state index is 12.3. The molecule has 0 unspecified atom stereocenters. The maximum absolute atomic E-state index is 12.3. The van der Waals surface area contributed by atoms with Crippen LogP contribution in [0.3, 0.4) is 0 Å². The van der Waals surface area contributed by atoms with Gasteiger partial charge in [0, 0.05) is 38.9 Å². The van der Waals surface area contributed by atoms with Crippen LogP contribution in [-0.2, 0) is 4.79 Å². The number of aryl methyl sites for hydroxylation is 1. The summed E-state index contributed by atoms with van der Waals surface area (Å²) in [5, 5.41) is 3.22. The quantitative estimate of drug-likeness (QED) is 0.816. The molecule has 0 aliphatic carbocycles. The lowest BCUT2D eigenvalue weighted by molar-refractivity contribution is -0.130. The lowest BCUT2D eigenvalue weighted by Gasteiger charge is -2.30. The van der Waals surface area contributed by atoms with Gasteiger partial charge in [0.2, 0.25) is 5.91 Å². The van der Waals surface area contributed by atoms with E-state index in [2.05, 4.69) is 5.32 Å². The van der Waals surface area contributed by atoms with Crippen molar-refractivity contribution in [1.82, 2.24) is 10.2 Å². The summed E-state index contributed by atoms with van der Waals surface area (Å²) in [5.74, 6) is -0.414. The normalized spacial score (nSPS) is 14.9. The lowest BCUT2D eigenvalue weighted by atomic mass is 10.1. The van der Waals surface area contributed by atoms with Crippen molar-refractivity contribution in [1.29, 1.82) is 0 Å². The summed E-state index contributed by atoms with van der Waals surface area (Å²) in [5.41, 5.74) is 7.57. The Bertz CT molecular complexity index is 538. The van der Waals surface area contributed by atoms with Gasteiger partial charge in [0.25, 0.3) is 5.91 Å². The van der Waals surface area contributed by atoms with E-state index in [1.807, 2.05) is 24.0 Å². The lowest BCUT2D eigenvalue weighted by Crippen LogP contribution is -2.49. The third kappa shape index (κ3) is 3.72. The average Bonchev–Trinajstić information content (AvgIpc) is 2.47. The molecule has 0 bridgehead atoms. The van der Waals surface area contributed by atoms with E-state index in [0.717, 1.165) is 31.7 Å². The van der Waals surface area contributed by atoms with Gasteiger partial charge in [0.1, 0.15) is 0 Å². The van der Waals surface area contributed by atoms with Crippen LogP contribution in [0.1, 0.15) is 15.9 Å². The molecule has 1 aromatic rings. The van der Waals surface area contributed by atoms with Gasteiger partial charge in [-0.2, -0.15) is 0 Å². The Morgan fingerprint density at radius 3 is 2.62 bits per heavy atom. The second-order valence-electron chi connectivity index (χ2n) is 5.37. The fourth-order valence-corrected chi connectivity index (χ4v) is 2.47. The number of hydrogen-bond donors (Lipinski definition) is 2. The number of rotatable bonds is 4. The Balaban J connectivity index is 2.12. The highest BCUT2D eigenvalue weighted by Gasteiger charge is 2.20. The SMILES string of the molecule is Cc1ccc(C(N)=O)c(N(C)CC(=O)N2CCNCC2)c1. The van der Waals surface area contributed by atoms with Crippen molar-refractivity contribution in [3.8, 4) is 0 Å². The molecule has 1 aliphatic rings. The Morgan fingerprint density at radius 1 is 1.33 bits per heavy atom. The highest BCUT2D eigenvalue weighted by molar-refractivity contribution is 5.99. The molecule has 1 aliphatic heterocycles. The van der Waals surface area contributed by atoms with Gasteiger partial charge in [-0.25, -0.2) is 0 Å². The van der Waals surface area contributed by atoms with E-state index in [1.54, 1.807) is 18.0 Å². The molecule has 1 aromatic carbocycles. The molecule has 1 fully saturated rings. The van der Waals surface area contributed by atoms with Crippen LogP contribution in [0.2, 0.25) is 0 Å². The minimum absolute atomic E-state index is 0.0657. The smallest absolute Gasteiger partial charge is 0.250 e. The summed E-state index contributed by atoms with van der Waals surface area (Å²) in [7, 11) is 1.81. The molecule has 2 amide bonds. The number of primary amides is 1. The van der Waals surface area contributed by atoms with Gasteiger partial charge in [-0.05, 0) is 24.6 Å². The number of anilines is 1. The standard InChI is InChI=1S/C15H22N4O2/c1-11-3-4-12(15(16)21)13(9-11)18(2)10-14(20)19-7-5-17-6-8-19/h3-4,9,17H,5-8,10H2,1-2H3,(H2,16,21). The fraction of sp³-hybridized carbons (Fsp3) is 0.467. The largest absolute Gasteiger partial charge is 0.366 e. The van der Waals surface area contributed by atoms with E-state index in [0.29, 0.717) is 11.3 Å². The average molecular weight is 290 g/mol. The minimum atomic E-state index is -0.480. The van der Waals surface area contributed by atoms with E-state index < -0.39 is 5.91 Å². The van der Waals surface area contributed by atoms with Gasteiger partial charge in [0.05, 0.1) is 12.1 Å². The summed E-state index contributed by atoms with van der Waals surface area (Å²) in [6.07, 6.45) is 0. The molecule has 21 heavy (non-hydrogen) atoms. The van der Waals surface area contributed by atoms with E-state index in [-0.39, 0.29) is 12.5 Å². The van der Waals surface area contributed by atoms with Gasteiger partial charge in [-0.1, -0.05) is 6.07 Å². The molecule has 0 aromatic heterocycles. The van der Waals surface area contributed by atoms with Crippen molar-refractivity contribution in [3.05, 3.63) is 29.3 Å². The summed E-state index contributed by atoms with van der Waals surface area (Å²) in [6.45, 7) is 5.29. The Hall–Kier alpha value is -2.08. The summed E-state index contributed by atoms with van der Waals surface area (Å²) in [4.78, 5) is 27.4. The zero-order valence-corrected chi connectivity index (χ0v) is 12.6. The van der Waals surface area contributed by atoms with Crippen LogP contribution in [0, 0.1) is 6.92 Å². The Kier molecular flexibility index (Phi) is 4.80. The number of piperazine rings is 1. The minimum Gasteiger partial charge on any atom is -0.366 e. The van der Waals surface area contributed by atoms with E-state index in [4.69, 9.17) is 5.73 Å². The molecular weight excluding hydrogens is 268 g/mol. The first-order chi connectivity index (χ1) is 9.99. The molecule has 0 spiro atoms. The third-order valence-corrected chi connectivity index (χ3v) is 3.67. The van der Waals surface area contributed by atoms with Crippen molar-refractivity contribution in [3.63, 3.8) is 0 Å². The van der Waals surface area contributed by atoms with Gasteiger partial charge < -0.3 is 20.9 Å². The van der Waals surface area contributed by atoms with Crippen molar-refractivity contribution in [2.45, 2.75) is 6.92 Å². The first kappa shape index (κ1) is 15.3. The molecule has 2 rings (SSSR count). The van der Waals surface area contributed by atoms with Gasteiger partial charge in [0.15, 0.2) is 0 Å². The number of carbonyl (C=O) groups is 2. The molecule has 0 atom stereocenters. The van der Waals surface area contributed by atoms with Gasteiger partial charge >= 0.3 is 0 Å². The van der Waals surface area contributed by atoms with E-state index >= 15 is 0 Å². The summed E-state index contributed by atoms with van der Waals surface area (Å²) >= 11 is 0. The van der Waals surface area contributed by atoms with Gasteiger partial charge in [-0.3, -0.25) is 9.59 Å². The fourth-order valence-electron chi connectivity index (χ4n) is 2.47. The number of hydrogen-bond acceptors (Lipinski definition) is 4. The number of nitrogens with two attached hydrogens (primary N) is 1. The molecular formula is C15H22N4O2. The van der Waals surface area contributed by atoms with Crippen LogP contribution in [0.4, 0.5) is 5.69 Å². The monoisotopic (exact) mass is 290 g/mol. The van der Waals surface area contributed by atoms with Crippen LogP contribution >= 0.6 is 0 Å². The number of nitrogens with zero attached hydrogens (tertiary/aromatic N) is 2. The predicted molar refractivity (Wildman–Crippen MR) is 82.4 cm³/mol. The summed E-state index contributed by atoms with van der Waals surface area (Å²) in [6, 6.07) is 5.43. The van der Waals surface area contributed by atoms with Crippen molar-refractivity contribution < 1.29 is 9.59 Å². The molecule has 114 valence electrons. The third-order valence-electron chi connectivity index (χ3n) is 3.67.